The van der Waals surface area contributed by atoms with E-state index in [1.807, 2.05) is 0 Å². The van der Waals surface area contributed by atoms with Crippen LogP contribution in [0.1, 0.15) is 89.5 Å². The van der Waals surface area contributed by atoms with Crippen LogP contribution < -0.4 is 0 Å². The van der Waals surface area contributed by atoms with Crippen LogP contribution in [-0.4, -0.2) is 54.8 Å². The number of aliphatic hydroxyl groups excluding tert-OH is 2. The summed E-state index contributed by atoms with van der Waals surface area (Å²) in [5.41, 5.74) is 4.13. The molecule has 33 heavy (non-hydrogen) atoms. The number of rotatable bonds is 9. The lowest BCUT2D eigenvalue weighted by molar-refractivity contribution is -0.0398. The quantitative estimate of drug-likeness (QED) is 0.347. The van der Waals surface area contributed by atoms with Gasteiger partial charge in [0.25, 0.3) is 0 Å². The van der Waals surface area contributed by atoms with Gasteiger partial charge in [-0.3, -0.25) is 4.90 Å². The van der Waals surface area contributed by atoms with Crippen LogP contribution in [0.5, 0.6) is 0 Å². The minimum Gasteiger partial charge on any atom is -0.417 e. The van der Waals surface area contributed by atoms with Gasteiger partial charge in [-0.25, -0.2) is 0 Å². The van der Waals surface area contributed by atoms with Crippen molar-refractivity contribution in [3.63, 3.8) is 0 Å². The maximum atomic E-state index is 11.3. The van der Waals surface area contributed by atoms with E-state index in [4.69, 9.17) is 4.43 Å². The third-order valence-corrected chi connectivity index (χ3v) is 13.2. The van der Waals surface area contributed by atoms with Crippen molar-refractivity contribution in [3.8, 4) is 0 Å². The molecule has 5 heteroatoms. The van der Waals surface area contributed by atoms with Crippen molar-refractivity contribution < 1.29 is 14.6 Å². The van der Waals surface area contributed by atoms with Gasteiger partial charge in [0, 0.05) is 31.7 Å². The fraction of sp³-hybridized carbons (Fsp3) is 0.786. The predicted octanol–water partition coefficient (Wildman–Crippen LogP) is 5.86. The second kappa shape index (κ2) is 10.9. The number of hydrogen-bond acceptors (Lipinski definition) is 4. The highest BCUT2D eigenvalue weighted by atomic mass is 28.4. The van der Waals surface area contributed by atoms with E-state index in [1.54, 1.807) is 0 Å². The van der Waals surface area contributed by atoms with E-state index >= 15 is 0 Å². The molecule has 0 bridgehead atoms. The molecule has 0 radical (unpaired) electrons. The van der Waals surface area contributed by atoms with Crippen molar-refractivity contribution in [2.45, 2.75) is 122 Å². The Bertz CT molecular complexity index is 775. The predicted molar refractivity (Wildman–Crippen MR) is 140 cm³/mol. The van der Waals surface area contributed by atoms with Gasteiger partial charge in [0.05, 0.1) is 12.1 Å². The number of aliphatic hydroxyl groups is 2. The molecule has 0 aromatic heterocycles. The van der Waals surface area contributed by atoms with Gasteiger partial charge in [-0.1, -0.05) is 52.3 Å². The average molecular weight is 476 g/mol. The average Bonchev–Trinajstić information content (AvgIpc) is 3.06. The maximum absolute atomic E-state index is 11.3. The lowest BCUT2D eigenvalue weighted by atomic mass is 9.82. The summed E-state index contributed by atoms with van der Waals surface area (Å²) in [4.78, 5) is 2.63. The van der Waals surface area contributed by atoms with Gasteiger partial charge >= 0.3 is 0 Å². The summed E-state index contributed by atoms with van der Waals surface area (Å²) in [6.45, 7) is 17.1. The van der Waals surface area contributed by atoms with E-state index in [-0.39, 0.29) is 23.8 Å². The van der Waals surface area contributed by atoms with Gasteiger partial charge in [-0.2, -0.15) is 0 Å². The standard InChI is InChI=1S/C28H49NO3Si/c1-8-11-22-12-9-13-23-18-25(31)27(26(22)23)29-20(2)16-21(19-30)17-24(29)14-10-15-32-33(6,7)28(3,4)5/h9,12-13,20-21,24-25,27,30-31H,8,10-11,14-19H2,1-7H3/t20-,21+,24-,25-,27-/m1/s1. The Morgan fingerprint density at radius 3 is 2.55 bits per heavy atom. The largest absolute Gasteiger partial charge is 0.417 e. The first-order valence-corrected chi connectivity index (χ1v) is 16.2. The summed E-state index contributed by atoms with van der Waals surface area (Å²) in [7, 11) is -1.74. The van der Waals surface area contributed by atoms with Crippen LogP contribution in [0.4, 0.5) is 0 Å². The van der Waals surface area contributed by atoms with Crippen LogP contribution in [0.15, 0.2) is 18.2 Å². The highest BCUT2D eigenvalue weighted by molar-refractivity contribution is 6.74. The van der Waals surface area contributed by atoms with Gasteiger partial charge in [0.1, 0.15) is 0 Å². The third-order valence-electron chi connectivity index (χ3n) is 8.64. The van der Waals surface area contributed by atoms with Gasteiger partial charge in [-0.05, 0) is 79.8 Å². The first-order valence-electron chi connectivity index (χ1n) is 13.3. The zero-order chi connectivity index (χ0) is 24.4. The van der Waals surface area contributed by atoms with Gasteiger partial charge in [0.15, 0.2) is 8.32 Å². The second-order valence-corrected chi connectivity index (χ2v) is 17.0. The molecule has 1 aliphatic heterocycles. The molecule has 1 heterocycles. The fourth-order valence-electron chi connectivity index (χ4n) is 5.94. The highest BCUT2D eigenvalue weighted by Gasteiger charge is 2.44. The van der Waals surface area contributed by atoms with E-state index < -0.39 is 8.32 Å². The van der Waals surface area contributed by atoms with E-state index in [1.165, 1.54) is 16.7 Å². The summed E-state index contributed by atoms with van der Waals surface area (Å²) in [6.07, 6.45) is 6.70. The number of nitrogens with zero attached hydrogens (tertiary/aromatic N) is 1. The van der Waals surface area contributed by atoms with E-state index in [9.17, 15) is 10.2 Å². The van der Waals surface area contributed by atoms with Crippen LogP contribution in [-0.2, 0) is 17.3 Å². The Balaban J connectivity index is 1.80. The molecule has 5 atom stereocenters. The van der Waals surface area contributed by atoms with Gasteiger partial charge in [-0.15, -0.1) is 0 Å². The first-order chi connectivity index (χ1) is 15.5. The molecule has 0 saturated carbocycles. The molecule has 2 N–H and O–H groups in total. The lowest BCUT2D eigenvalue weighted by Gasteiger charge is -2.48. The SMILES string of the molecule is CCCc1cccc2c1[C@H](N1[C@H](CCCO[Si](C)(C)C(C)(C)C)C[C@@H](CO)C[C@H]1C)[C@H](O)C2. The summed E-state index contributed by atoms with van der Waals surface area (Å²) in [6, 6.07) is 7.43. The van der Waals surface area contributed by atoms with Crippen LogP contribution in [0, 0.1) is 5.92 Å². The van der Waals surface area contributed by atoms with Crippen molar-refractivity contribution in [2.24, 2.45) is 5.92 Å². The minimum absolute atomic E-state index is 0.0729. The van der Waals surface area contributed by atoms with E-state index in [2.05, 4.69) is 70.8 Å². The van der Waals surface area contributed by atoms with E-state index in [0.717, 1.165) is 51.6 Å². The molecular weight excluding hydrogens is 426 g/mol. The zero-order valence-electron chi connectivity index (χ0n) is 22.2. The summed E-state index contributed by atoms with van der Waals surface area (Å²) >= 11 is 0. The lowest BCUT2D eigenvalue weighted by Crippen LogP contribution is -2.52. The molecule has 2 aliphatic rings. The Morgan fingerprint density at radius 2 is 1.91 bits per heavy atom. The topological polar surface area (TPSA) is 52.9 Å². The Hall–Kier alpha value is -0.723. The molecule has 1 aromatic carbocycles. The maximum Gasteiger partial charge on any atom is 0.191 e. The second-order valence-electron chi connectivity index (χ2n) is 12.2. The molecule has 0 amide bonds. The fourth-order valence-corrected chi connectivity index (χ4v) is 7.02. The molecule has 4 nitrogen and oxygen atoms in total. The van der Waals surface area contributed by atoms with E-state index in [0.29, 0.717) is 18.0 Å². The molecule has 0 spiro atoms. The number of piperidine rings is 1. The van der Waals surface area contributed by atoms with Crippen molar-refractivity contribution in [1.29, 1.82) is 0 Å². The number of fused-ring (bicyclic) bond motifs is 1. The van der Waals surface area contributed by atoms with Crippen LogP contribution in [0.2, 0.25) is 18.1 Å². The monoisotopic (exact) mass is 475 g/mol. The molecule has 188 valence electrons. The Labute approximate surface area is 203 Å². The smallest absolute Gasteiger partial charge is 0.191 e. The van der Waals surface area contributed by atoms with Gasteiger partial charge < -0.3 is 14.6 Å². The molecule has 3 rings (SSSR count). The van der Waals surface area contributed by atoms with Crippen molar-refractivity contribution in [2.75, 3.05) is 13.2 Å². The van der Waals surface area contributed by atoms with Crippen LogP contribution in [0.3, 0.4) is 0 Å². The zero-order valence-corrected chi connectivity index (χ0v) is 23.2. The molecule has 1 aromatic rings. The Morgan fingerprint density at radius 1 is 1.18 bits per heavy atom. The van der Waals surface area contributed by atoms with Crippen molar-refractivity contribution in [1.82, 2.24) is 4.90 Å². The van der Waals surface area contributed by atoms with Crippen molar-refractivity contribution in [3.05, 3.63) is 34.9 Å². The summed E-state index contributed by atoms with van der Waals surface area (Å²) < 4.78 is 6.48. The number of benzene rings is 1. The van der Waals surface area contributed by atoms with Crippen LogP contribution in [0.25, 0.3) is 0 Å². The molecule has 1 saturated heterocycles. The minimum atomic E-state index is -1.74. The number of likely N-dealkylation sites (tertiary alicyclic amines) is 1. The summed E-state index contributed by atoms with van der Waals surface area (Å²) in [5, 5.41) is 21.5. The van der Waals surface area contributed by atoms with Gasteiger partial charge in [0.2, 0.25) is 0 Å². The molecular formula is C28H49NO3Si. The molecule has 1 aliphatic carbocycles. The highest BCUT2D eigenvalue weighted by Crippen LogP contribution is 2.45. The van der Waals surface area contributed by atoms with Crippen molar-refractivity contribution >= 4 is 8.32 Å². The molecule has 0 unspecified atom stereocenters. The third kappa shape index (κ3) is 5.92. The molecule has 1 fully saturated rings. The number of hydrogen-bond donors (Lipinski definition) is 2. The number of aryl methyl sites for hydroxylation is 1. The van der Waals surface area contributed by atoms with Crippen LogP contribution >= 0.6 is 0 Å². The summed E-state index contributed by atoms with van der Waals surface area (Å²) in [5.74, 6) is 0.353. The first kappa shape index (κ1) is 26.9. The normalized spacial score (nSPS) is 28.8. The Kier molecular flexibility index (Phi) is 8.88.